The lowest BCUT2D eigenvalue weighted by Crippen LogP contribution is -2.47. The molecule has 1 fully saturated rings. The standard InChI is InChI=1S/C25H28FN3O3/c1-3-17-32-21-11-5-18(6-12-21)22-23(28-15-13-27(4-2)14-16-28)25(31)29(24(22)30)20-9-7-19(26)8-10-20/h5-12H,3-4,13-17H2,1-2H3. The molecule has 4 rings (SSSR count). The Labute approximate surface area is 187 Å². The molecule has 6 nitrogen and oxygen atoms in total. The van der Waals surface area contributed by atoms with E-state index in [4.69, 9.17) is 4.74 Å². The van der Waals surface area contributed by atoms with Crippen LogP contribution in [0.4, 0.5) is 10.1 Å². The van der Waals surface area contributed by atoms with Crippen LogP contribution in [-0.2, 0) is 9.59 Å². The maximum Gasteiger partial charge on any atom is 0.282 e. The van der Waals surface area contributed by atoms with Gasteiger partial charge in [0.2, 0.25) is 0 Å². The molecule has 2 aromatic rings. The van der Waals surface area contributed by atoms with E-state index in [1.807, 2.05) is 36.1 Å². The predicted molar refractivity (Wildman–Crippen MR) is 122 cm³/mol. The van der Waals surface area contributed by atoms with Gasteiger partial charge >= 0.3 is 0 Å². The van der Waals surface area contributed by atoms with E-state index in [0.29, 0.717) is 42.2 Å². The summed E-state index contributed by atoms with van der Waals surface area (Å²) in [7, 11) is 0. The number of halogens is 1. The summed E-state index contributed by atoms with van der Waals surface area (Å²) < 4.78 is 19.1. The molecule has 0 radical (unpaired) electrons. The summed E-state index contributed by atoms with van der Waals surface area (Å²) in [6.07, 6.45) is 0.903. The van der Waals surface area contributed by atoms with Crippen molar-refractivity contribution in [3.8, 4) is 5.75 Å². The third-order valence-corrected chi connectivity index (χ3v) is 5.90. The fourth-order valence-electron chi connectivity index (χ4n) is 4.12. The Morgan fingerprint density at radius 2 is 1.53 bits per heavy atom. The van der Waals surface area contributed by atoms with E-state index in [-0.39, 0.29) is 5.91 Å². The Hall–Kier alpha value is -3.19. The molecule has 2 aromatic carbocycles. The number of hydrogen-bond donors (Lipinski definition) is 0. The Kier molecular flexibility index (Phi) is 6.55. The van der Waals surface area contributed by atoms with Crippen LogP contribution in [0, 0.1) is 5.82 Å². The van der Waals surface area contributed by atoms with E-state index in [9.17, 15) is 14.0 Å². The lowest BCUT2D eigenvalue weighted by atomic mass is 10.0. The first-order chi connectivity index (χ1) is 15.5. The molecule has 0 aliphatic carbocycles. The van der Waals surface area contributed by atoms with Crippen LogP contribution in [0.2, 0.25) is 0 Å². The molecule has 2 aliphatic heterocycles. The van der Waals surface area contributed by atoms with Crippen LogP contribution in [0.25, 0.3) is 5.57 Å². The van der Waals surface area contributed by atoms with Gasteiger partial charge in [0, 0.05) is 26.2 Å². The highest BCUT2D eigenvalue weighted by Gasteiger charge is 2.43. The molecule has 32 heavy (non-hydrogen) atoms. The molecule has 7 heteroatoms. The molecule has 0 saturated carbocycles. The van der Waals surface area contributed by atoms with E-state index >= 15 is 0 Å². The van der Waals surface area contributed by atoms with E-state index < -0.39 is 11.7 Å². The maximum absolute atomic E-state index is 13.5. The second-order valence-corrected chi connectivity index (χ2v) is 7.94. The van der Waals surface area contributed by atoms with Crippen LogP contribution in [-0.4, -0.2) is 60.9 Å². The van der Waals surface area contributed by atoms with Gasteiger partial charge in [-0.1, -0.05) is 26.0 Å². The fourth-order valence-corrected chi connectivity index (χ4v) is 4.12. The number of piperazine rings is 1. The normalized spacial score (nSPS) is 17.5. The second kappa shape index (κ2) is 9.53. The summed E-state index contributed by atoms with van der Waals surface area (Å²) in [6.45, 7) is 8.71. The number of likely N-dealkylation sites (N-methyl/N-ethyl adjacent to an activating group) is 1. The van der Waals surface area contributed by atoms with Gasteiger partial charge in [-0.15, -0.1) is 0 Å². The van der Waals surface area contributed by atoms with Gasteiger partial charge in [0.25, 0.3) is 11.8 Å². The van der Waals surface area contributed by atoms with Crippen molar-refractivity contribution < 1.29 is 18.7 Å². The van der Waals surface area contributed by atoms with E-state index in [1.54, 1.807) is 0 Å². The predicted octanol–water partition coefficient (Wildman–Crippen LogP) is 3.54. The number of anilines is 1. The minimum Gasteiger partial charge on any atom is -0.494 e. The number of benzene rings is 2. The van der Waals surface area contributed by atoms with Crippen LogP contribution in [0.3, 0.4) is 0 Å². The summed E-state index contributed by atoms with van der Waals surface area (Å²) >= 11 is 0. The van der Waals surface area contributed by atoms with Crippen LogP contribution < -0.4 is 9.64 Å². The number of carbonyl (C=O) groups excluding carboxylic acids is 2. The van der Waals surface area contributed by atoms with Gasteiger partial charge in [-0.3, -0.25) is 9.59 Å². The molecule has 0 unspecified atom stereocenters. The Bertz CT molecular complexity index is 1010. The fraction of sp³-hybridized carbons (Fsp3) is 0.360. The number of nitrogens with zero attached hydrogens (tertiary/aromatic N) is 3. The topological polar surface area (TPSA) is 53.1 Å². The second-order valence-electron chi connectivity index (χ2n) is 7.94. The van der Waals surface area contributed by atoms with Crippen LogP contribution in [0.15, 0.2) is 54.2 Å². The zero-order chi connectivity index (χ0) is 22.7. The number of carbonyl (C=O) groups is 2. The van der Waals surface area contributed by atoms with Crippen molar-refractivity contribution in [2.75, 3.05) is 44.2 Å². The molecule has 0 bridgehead atoms. The van der Waals surface area contributed by atoms with Crippen LogP contribution >= 0.6 is 0 Å². The number of imide groups is 1. The van der Waals surface area contributed by atoms with Crippen molar-refractivity contribution in [2.45, 2.75) is 20.3 Å². The summed E-state index contributed by atoms with van der Waals surface area (Å²) in [6, 6.07) is 12.7. The van der Waals surface area contributed by atoms with E-state index in [0.717, 1.165) is 36.7 Å². The molecule has 0 aromatic heterocycles. The number of amides is 2. The van der Waals surface area contributed by atoms with Crippen LogP contribution in [0.1, 0.15) is 25.8 Å². The van der Waals surface area contributed by atoms with Crippen molar-refractivity contribution in [3.63, 3.8) is 0 Å². The molecule has 0 N–H and O–H groups in total. The maximum atomic E-state index is 13.5. The Balaban J connectivity index is 1.71. The number of rotatable bonds is 7. The molecule has 2 amide bonds. The molecule has 0 atom stereocenters. The van der Waals surface area contributed by atoms with Crippen molar-refractivity contribution in [1.29, 1.82) is 0 Å². The third kappa shape index (κ3) is 4.25. The minimum atomic E-state index is -0.417. The molecule has 1 saturated heterocycles. The van der Waals surface area contributed by atoms with Gasteiger partial charge < -0.3 is 14.5 Å². The van der Waals surface area contributed by atoms with Gasteiger partial charge in [0.05, 0.1) is 17.9 Å². The highest BCUT2D eigenvalue weighted by molar-refractivity contribution is 6.45. The minimum absolute atomic E-state index is 0.365. The van der Waals surface area contributed by atoms with Gasteiger partial charge in [-0.05, 0) is 54.9 Å². The average molecular weight is 438 g/mol. The van der Waals surface area contributed by atoms with Gasteiger partial charge in [0.15, 0.2) is 0 Å². The molecule has 2 heterocycles. The quantitative estimate of drug-likeness (QED) is 0.621. The van der Waals surface area contributed by atoms with Crippen molar-refractivity contribution in [1.82, 2.24) is 9.80 Å². The number of hydrogen-bond acceptors (Lipinski definition) is 5. The van der Waals surface area contributed by atoms with Crippen molar-refractivity contribution in [2.24, 2.45) is 0 Å². The lowest BCUT2D eigenvalue weighted by molar-refractivity contribution is -0.120. The third-order valence-electron chi connectivity index (χ3n) is 5.90. The number of ether oxygens (including phenoxy) is 1. The van der Waals surface area contributed by atoms with Gasteiger partial charge in [-0.2, -0.15) is 0 Å². The Morgan fingerprint density at radius 3 is 2.12 bits per heavy atom. The van der Waals surface area contributed by atoms with E-state index in [2.05, 4.69) is 11.8 Å². The van der Waals surface area contributed by atoms with Crippen molar-refractivity contribution in [3.05, 3.63) is 65.6 Å². The SMILES string of the molecule is CCCOc1ccc(C2=C(N3CCN(CC)CC3)C(=O)N(c3ccc(F)cc3)C2=O)cc1. The average Bonchev–Trinajstić information content (AvgIpc) is 3.08. The summed E-state index contributed by atoms with van der Waals surface area (Å²) in [5.74, 6) is -0.453. The molecular weight excluding hydrogens is 409 g/mol. The molecular formula is C25H28FN3O3. The first-order valence-electron chi connectivity index (χ1n) is 11.1. The monoisotopic (exact) mass is 437 g/mol. The molecule has 168 valence electrons. The summed E-state index contributed by atoms with van der Waals surface area (Å²) in [5.41, 5.74) is 1.83. The first kappa shape index (κ1) is 22.0. The highest BCUT2D eigenvalue weighted by Crippen LogP contribution is 2.35. The first-order valence-corrected chi connectivity index (χ1v) is 11.1. The lowest BCUT2D eigenvalue weighted by Gasteiger charge is -2.36. The zero-order valence-corrected chi connectivity index (χ0v) is 18.5. The molecule has 2 aliphatic rings. The van der Waals surface area contributed by atoms with Gasteiger partial charge in [-0.25, -0.2) is 9.29 Å². The summed E-state index contributed by atoms with van der Waals surface area (Å²) in [5, 5.41) is 0. The highest BCUT2D eigenvalue weighted by atomic mass is 19.1. The molecule has 0 spiro atoms. The Morgan fingerprint density at radius 1 is 0.875 bits per heavy atom. The smallest absolute Gasteiger partial charge is 0.282 e. The zero-order valence-electron chi connectivity index (χ0n) is 18.5. The van der Waals surface area contributed by atoms with Gasteiger partial charge in [0.1, 0.15) is 17.3 Å². The van der Waals surface area contributed by atoms with Crippen LogP contribution in [0.5, 0.6) is 5.75 Å². The van der Waals surface area contributed by atoms with Crippen molar-refractivity contribution >= 4 is 23.1 Å². The van der Waals surface area contributed by atoms with E-state index in [1.165, 1.54) is 24.3 Å². The summed E-state index contributed by atoms with van der Waals surface area (Å²) in [4.78, 5) is 32.5. The largest absolute Gasteiger partial charge is 0.494 e.